The summed E-state index contributed by atoms with van der Waals surface area (Å²) < 4.78 is 22.9. The van der Waals surface area contributed by atoms with E-state index >= 15 is 0 Å². The zero-order valence-corrected chi connectivity index (χ0v) is 12.4. The summed E-state index contributed by atoms with van der Waals surface area (Å²) in [5.74, 6) is 0. The third-order valence-corrected chi connectivity index (χ3v) is 4.59. The van der Waals surface area contributed by atoms with Gasteiger partial charge in [-0.15, -0.1) is 0 Å². The fourth-order valence-corrected chi connectivity index (χ4v) is 3.36. The van der Waals surface area contributed by atoms with Crippen LogP contribution in [0.3, 0.4) is 0 Å². The molecule has 0 heterocycles. The zero-order valence-electron chi connectivity index (χ0n) is 11.5. The maximum absolute atomic E-state index is 12.4. The van der Waals surface area contributed by atoms with Gasteiger partial charge in [0.05, 0.1) is 13.2 Å². The Bertz CT molecular complexity index is 395. The molecule has 0 aliphatic carbocycles. The second kappa shape index (κ2) is 6.93. The van der Waals surface area contributed by atoms with Gasteiger partial charge in [-0.25, -0.2) is 0 Å². The van der Waals surface area contributed by atoms with Crippen molar-refractivity contribution in [1.82, 2.24) is 0 Å². The van der Waals surface area contributed by atoms with Crippen LogP contribution in [0.2, 0.25) is 0 Å². The predicted molar refractivity (Wildman–Crippen MR) is 75.3 cm³/mol. The molecule has 0 aromatic heterocycles. The molecular weight excluding hydrogens is 249 g/mol. The lowest BCUT2D eigenvalue weighted by Gasteiger charge is -2.25. The molecule has 0 aliphatic heterocycles. The molecule has 5 heteroatoms. The van der Waals surface area contributed by atoms with Crippen LogP contribution in [-0.2, 0) is 13.6 Å². The molecule has 0 spiro atoms. The number of rotatable bonds is 7. The van der Waals surface area contributed by atoms with E-state index < -0.39 is 7.60 Å². The van der Waals surface area contributed by atoms with Gasteiger partial charge in [0, 0.05) is 12.7 Å². The number of nitrogens with zero attached hydrogens (tertiary/aromatic N) is 1. The lowest BCUT2D eigenvalue weighted by molar-refractivity contribution is 0.220. The van der Waals surface area contributed by atoms with Crippen molar-refractivity contribution >= 4 is 13.3 Å². The number of benzene rings is 1. The highest BCUT2D eigenvalue weighted by Crippen LogP contribution is 2.48. The van der Waals surface area contributed by atoms with Crippen LogP contribution < -0.4 is 4.90 Å². The number of hydrogen-bond acceptors (Lipinski definition) is 4. The maximum Gasteiger partial charge on any atom is 0.349 e. The Morgan fingerprint density at radius 3 is 2.06 bits per heavy atom. The highest BCUT2D eigenvalue weighted by atomic mass is 31.2. The van der Waals surface area contributed by atoms with E-state index in [9.17, 15) is 4.57 Å². The van der Waals surface area contributed by atoms with Crippen molar-refractivity contribution in [1.29, 1.82) is 0 Å². The van der Waals surface area contributed by atoms with Gasteiger partial charge in [-0.1, -0.05) is 17.7 Å². The minimum absolute atomic E-state index is 0.262. The molecule has 4 nitrogen and oxygen atoms in total. The molecule has 0 fully saturated rings. The third-order valence-electron chi connectivity index (χ3n) is 2.51. The smallest absolute Gasteiger partial charge is 0.349 e. The van der Waals surface area contributed by atoms with Crippen LogP contribution in [0.15, 0.2) is 24.3 Å². The van der Waals surface area contributed by atoms with Gasteiger partial charge in [-0.05, 0) is 32.9 Å². The van der Waals surface area contributed by atoms with E-state index in [0.717, 1.165) is 5.69 Å². The van der Waals surface area contributed by atoms with Gasteiger partial charge < -0.3 is 13.9 Å². The molecule has 102 valence electrons. The second-order valence-electron chi connectivity index (χ2n) is 4.12. The molecule has 1 rings (SSSR count). The summed E-state index contributed by atoms with van der Waals surface area (Å²) in [6, 6.07) is 8.05. The summed E-state index contributed by atoms with van der Waals surface area (Å²) in [6.07, 6.45) is 0.262. The van der Waals surface area contributed by atoms with Crippen molar-refractivity contribution in [3.05, 3.63) is 29.8 Å². The summed E-state index contributed by atoms with van der Waals surface area (Å²) in [5, 5.41) is 0. The normalized spacial score (nSPS) is 11.6. The van der Waals surface area contributed by atoms with Gasteiger partial charge in [0.25, 0.3) is 0 Å². The first-order valence-electron chi connectivity index (χ1n) is 6.16. The van der Waals surface area contributed by atoms with Gasteiger partial charge in [-0.2, -0.15) is 0 Å². The fourth-order valence-electron chi connectivity index (χ4n) is 1.65. The Kier molecular flexibility index (Phi) is 5.86. The van der Waals surface area contributed by atoms with Crippen LogP contribution >= 0.6 is 7.60 Å². The molecule has 18 heavy (non-hydrogen) atoms. The summed E-state index contributed by atoms with van der Waals surface area (Å²) in [7, 11) is -1.14. The third kappa shape index (κ3) is 4.45. The first kappa shape index (κ1) is 15.2. The molecule has 0 atom stereocenters. The van der Waals surface area contributed by atoms with Gasteiger partial charge in [0.15, 0.2) is 0 Å². The van der Waals surface area contributed by atoms with Crippen molar-refractivity contribution in [3.8, 4) is 0 Å². The molecular formula is C13H22NO3P. The summed E-state index contributed by atoms with van der Waals surface area (Å²) >= 11 is 0. The lowest BCUT2D eigenvalue weighted by Crippen LogP contribution is -2.20. The van der Waals surface area contributed by atoms with Crippen molar-refractivity contribution in [2.24, 2.45) is 0 Å². The van der Waals surface area contributed by atoms with Crippen LogP contribution in [-0.4, -0.2) is 26.5 Å². The largest absolute Gasteiger partial charge is 0.363 e. The molecule has 0 N–H and O–H groups in total. The highest BCUT2D eigenvalue weighted by molar-refractivity contribution is 7.53. The minimum atomic E-state index is -3.03. The molecule has 0 bridgehead atoms. The SMILES string of the molecule is CCOP(=O)(CN(C)c1ccc(C)cc1)OCC. The topological polar surface area (TPSA) is 38.8 Å². The van der Waals surface area contributed by atoms with E-state index in [4.69, 9.17) is 9.05 Å². The Morgan fingerprint density at radius 2 is 1.61 bits per heavy atom. The van der Waals surface area contributed by atoms with Crippen molar-refractivity contribution in [3.63, 3.8) is 0 Å². The molecule has 1 aromatic carbocycles. The van der Waals surface area contributed by atoms with E-state index in [1.807, 2.05) is 57.0 Å². The zero-order chi connectivity index (χ0) is 13.6. The average molecular weight is 271 g/mol. The van der Waals surface area contributed by atoms with Gasteiger partial charge in [-0.3, -0.25) is 4.57 Å². The Balaban J connectivity index is 2.74. The number of hydrogen-bond donors (Lipinski definition) is 0. The summed E-state index contributed by atoms with van der Waals surface area (Å²) in [5.41, 5.74) is 2.20. The van der Waals surface area contributed by atoms with Gasteiger partial charge in [0.1, 0.15) is 6.29 Å². The first-order valence-corrected chi connectivity index (χ1v) is 7.89. The number of aryl methyl sites for hydroxylation is 1. The van der Waals surface area contributed by atoms with Crippen LogP contribution in [0, 0.1) is 6.92 Å². The van der Waals surface area contributed by atoms with E-state index in [1.54, 1.807) is 0 Å². The molecule has 0 saturated carbocycles. The summed E-state index contributed by atoms with van der Waals surface area (Å²) in [6.45, 7) is 6.45. The van der Waals surface area contributed by atoms with Crippen LogP contribution in [0.1, 0.15) is 19.4 Å². The first-order chi connectivity index (χ1) is 8.50. The fraction of sp³-hybridized carbons (Fsp3) is 0.538. The maximum atomic E-state index is 12.4. The molecule has 0 radical (unpaired) electrons. The molecule has 0 amide bonds. The quantitative estimate of drug-likeness (QED) is 0.709. The lowest BCUT2D eigenvalue weighted by atomic mass is 10.2. The molecule has 0 aliphatic rings. The van der Waals surface area contributed by atoms with Crippen molar-refractivity contribution < 1.29 is 13.6 Å². The molecule has 1 aromatic rings. The van der Waals surface area contributed by atoms with E-state index in [1.165, 1.54) is 5.56 Å². The monoisotopic (exact) mass is 271 g/mol. The highest BCUT2D eigenvalue weighted by Gasteiger charge is 2.25. The van der Waals surface area contributed by atoms with Gasteiger partial charge in [0.2, 0.25) is 0 Å². The van der Waals surface area contributed by atoms with E-state index in [-0.39, 0.29) is 6.29 Å². The second-order valence-corrected chi connectivity index (χ2v) is 6.14. The standard InChI is InChI=1S/C13H22NO3P/c1-5-16-18(15,17-6-2)11-14(4)13-9-7-12(3)8-10-13/h7-10H,5-6,11H2,1-4H3. The average Bonchev–Trinajstić information content (AvgIpc) is 2.30. The van der Waals surface area contributed by atoms with E-state index in [0.29, 0.717) is 13.2 Å². The van der Waals surface area contributed by atoms with Crippen LogP contribution in [0.4, 0.5) is 5.69 Å². The Labute approximate surface area is 109 Å². The minimum Gasteiger partial charge on any atom is -0.363 e. The van der Waals surface area contributed by atoms with Gasteiger partial charge >= 0.3 is 7.60 Å². The molecule has 0 saturated heterocycles. The predicted octanol–water partition coefficient (Wildman–Crippen LogP) is 3.65. The summed E-state index contributed by atoms with van der Waals surface area (Å²) in [4.78, 5) is 1.89. The number of anilines is 1. The van der Waals surface area contributed by atoms with Crippen molar-refractivity contribution in [2.45, 2.75) is 20.8 Å². The van der Waals surface area contributed by atoms with E-state index in [2.05, 4.69) is 0 Å². The Morgan fingerprint density at radius 1 is 1.11 bits per heavy atom. The van der Waals surface area contributed by atoms with Crippen LogP contribution in [0.25, 0.3) is 0 Å². The molecule has 0 unspecified atom stereocenters. The van der Waals surface area contributed by atoms with Crippen LogP contribution in [0.5, 0.6) is 0 Å². The van der Waals surface area contributed by atoms with Crippen molar-refractivity contribution in [2.75, 3.05) is 31.4 Å². The Hall–Kier alpha value is -0.830.